The van der Waals surface area contributed by atoms with E-state index >= 15 is 0 Å². The molecule has 0 aromatic heterocycles. The number of amides is 1. The quantitative estimate of drug-likeness (QED) is 0.655. The van der Waals surface area contributed by atoms with E-state index in [1.54, 1.807) is 13.8 Å². The fourth-order valence-corrected chi connectivity index (χ4v) is 1.43. The Morgan fingerprint density at radius 3 is 2.60 bits per heavy atom. The minimum absolute atomic E-state index is 0.162. The first-order valence-corrected chi connectivity index (χ1v) is 4.76. The van der Waals surface area contributed by atoms with Crippen LogP contribution in [0.1, 0.15) is 13.8 Å². The van der Waals surface area contributed by atoms with Crippen LogP contribution in [0.4, 0.5) is 0 Å². The van der Waals surface area contributed by atoms with E-state index in [2.05, 4.69) is 5.32 Å². The smallest absolute Gasteiger partial charge is 0.311 e. The van der Waals surface area contributed by atoms with Crippen molar-refractivity contribution in [3.63, 3.8) is 0 Å². The number of carboxylic acid groups (broad SMARTS) is 1. The van der Waals surface area contributed by atoms with Crippen LogP contribution < -0.4 is 5.32 Å². The van der Waals surface area contributed by atoms with Crippen LogP contribution in [-0.2, 0) is 14.3 Å². The fourth-order valence-electron chi connectivity index (χ4n) is 1.43. The Morgan fingerprint density at radius 2 is 2.07 bits per heavy atom. The summed E-state index contributed by atoms with van der Waals surface area (Å²) in [6.07, 6.45) is 1.44. The number of carbonyl (C=O) groups excluding carboxylic acids is 1. The van der Waals surface area contributed by atoms with Crippen molar-refractivity contribution in [1.29, 1.82) is 0 Å². The van der Waals surface area contributed by atoms with Crippen LogP contribution in [0.5, 0.6) is 0 Å². The lowest BCUT2D eigenvalue weighted by Gasteiger charge is -2.14. The maximum absolute atomic E-state index is 11.3. The van der Waals surface area contributed by atoms with Gasteiger partial charge in [-0.2, -0.15) is 0 Å². The highest BCUT2D eigenvalue weighted by atomic mass is 16.5. The van der Waals surface area contributed by atoms with Gasteiger partial charge in [-0.15, -0.1) is 0 Å². The third kappa shape index (κ3) is 3.36. The normalized spacial score (nSPS) is 24.7. The standard InChI is InChI=1S/C10H15NO4/c1-6(2)3-9(12)11-8-5-15-4-7(8)10(13)14/h3,7-8H,4-5H2,1-2H3,(H,11,12)(H,13,14). The van der Waals surface area contributed by atoms with E-state index in [0.29, 0.717) is 0 Å². The topological polar surface area (TPSA) is 75.6 Å². The van der Waals surface area contributed by atoms with Crippen molar-refractivity contribution >= 4 is 11.9 Å². The van der Waals surface area contributed by atoms with Crippen molar-refractivity contribution in [2.24, 2.45) is 5.92 Å². The molecule has 0 aliphatic carbocycles. The summed E-state index contributed by atoms with van der Waals surface area (Å²) in [6.45, 7) is 4.03. The first-order valence-electron chi connectivity index (χ1n) is 4.76. The van der Waals surface area contributed by atoms with E-state index in [4.69, 9.17) is 9.84 Å². The van der Waals surface area contributed by atoms with Crippen molar-refractivity contribution in [1.82, 2.24) is 5.32 Å². The van der Waals surface area contributed by atoms with E-state index in [0.717, 1.165) is 5.57 Å². The number of hydrogen-bond acceptors (Lipinski definition) is 3. The third-order valence-corrected chi connectivity index (χ3v) is 2.15. The van der Waals surface area contributed by atoms with Gasteiger partial charge in [0, 0.05) is 6.08 Å². The zero-order valence-electron chi connectivity index (χ0n) is 8.82. The molecular formula is C10H15NO4. The molecule has 2 N–H and O–H groups in total. The van der Waals surface area contributed by atoms with Gasteiger partial charge < -0.3 is 15.2 Å². The van der Waals surface area contributed by atoms with Crippen molar-refractivity contribution in [2.45, 2.75) is 19.9 Å². The van der Waals surface area contributed by atoms with Gasteiger partial charge in [-0.1, -0.05) is 5.57 Å². The molecule has 1 saturated heterocycles. The number of carboxylic acids is 1. The number of aliphatic carboxylic acids is 1. The Kier molecular flexibility index (Phi) is 3.85. The van der Waals surface area contributed by atoms with Crippen molar-refractivity contribution in [3.8, 4) is 0 Å². The summed E-state index contributed by atoms with van der Waals surface area (Å²) in [7, 11) is 0. The van der Waals surface area contributed by atoms with Crippen LogP contribution in [0.15, 0.2) is 11.6 Å². The predicted octanol–water partition coefficient (Wildman–Crippen LogP) is 0.168. The monoisotopic (exact) mass is 213 g/mol. The molecule has 2 unspecified atom stereocenters. The van der Waals surface area contributed by atoms with Crippen molar-refractivity contribution in [2.75, 3.05) is 13.2 Å². The number of hydrogen-bond donors (Lipinski definition) is 2. The molecule has 1 amide bonds. The van der Waals surface area contributed by atoms with E-state index < -0.39 is 17.9 Å². The Labute approximate surface area is 88.1 Å². The van der Waals surface area contributed by atoms with Crippen LogP contribution in [0.2, 0.25) is 0 Å². The fraction of sp³-hybridized carbons (Fsp3) is 0.600. The van der Waals surface area contributed by atoms with Gasteiger partial charge in [0.25, 0.3) is 0 Å². The molecular weight excluding hydrogens is 198 g/mol. The number of rotatable bonds is 3. The molecule has 2 atom stereocenters. The van der Waals surface area contributed by atoms with Crippen molar-refractivity contribution < 1.29 is 19.4 Å². The molecule has 0 aromatic rings. The van der Waals surface area contributed by atoms with Crippen LogP contribution >= 0.6 is 0 Å². The van der Waals surface area contributed by atoms with Gasteiger partial charge >= 0.3 is 5.97 Å². The molecule has 0 aromatic carbocycles. The molecule has 5 heteroatoms. The van der Waals surface area contributed by atoms with Gasteiger partial charge in [0.1, 0.15) is 5.92 Å². The zero-order valence-corrected chi connectivity index (χ0v) is 8.82. The number of ether oxygens (including phenoxy) is 1. The lowest BCUT2D eigenvalue weighted by atomic mass is 10.0. The number of nitrogens with one attached hydrogen (secondary N) is 1. The molecule has 0 saturated carbocycles. The second kappa shape index (κ2) is 4.93. The van der Waals surface area contributed by atoms with Gasteiger partial charge in [-0.3, -0.25) is 9.59 Å². The van der Waals surface area contributed by atoms with E-state index in [-0.39, 0.29) is 19.1 Å². The van der Waals surface area contributed by atoms with E-state index in [1.807, 2.05) is 0 Å². The molecule has 0 spiro atoms. The second-order valence-corrected chi connectivity index (χ2v) is 3.82. The second-order valence-electron chi connectivity index (χ2n) is 3.82. The van der Waals surface area contributed by atoms with Gasteiger partial charge in [0.15, 0.2) is 0 Å². The summed E-state index contributed by atoms with van der Waals surface area (Å²) < 4.78 is 5.02. The highest BCUT2D eigenvalue weighted by Crippen LogP contribution is 2.13. The third-order valence-electron chi connectivity index (χ3n) is 2.15. The zero-order chi connectivity index (χ0) is 11.4. The Morgan fingerprint density at radius 1 is 1.40 bits per heavy atom. The summed E-state index contributed by atoms with van der Waals surface area (Å²) in [5.74, 6) is -1.84. The average molecular weight is 213 g/mol. The Balaban J connectivity index is 2.54. The molecule has 1 fully saturated rings. The first-order chi connectivity index (χ1) is 7.00. The lowest BCUT2D eigenvalue weighted by Crippen LogP contribution is -2.42. The van der Waals surface area contributed by atoms with Crippen molar-refractivity contribution in [3.05, 3.63) is 11.6 Å². The average Bonchev–Trinajstić information content (AvgIpc) is 2.50. The largest absolute Gasteiger partial charge is 0.481 e. The van der Waals surface area contributed by atoms with Gasteiger partial charge in [-0.25, -0.2) is 0 Å². The Hall–Kier alpha value is -1.36. The summed E-state index contributed by atoms with van der Waals surface area (Å²) in [5.41, 5.74) is 0.873. The van der Waals surface area contributed by atoms with E-state index in [1.165, 1.54) is 6.08 Å². The number of allylic oxidation sites excluding steroid dienone is 1. The van der Waals surface area contributed by atoms with Gasteiger partial charge in [0.05, 0.1) is 19.3 Å². The molecule has 1 aliphatic rings. The minimum atomic E-state index is -0.935. The SMILES string of the molecule is CC(C)=CC(=O)NC1COCC1C(=O)O. The molecule has 84 valence electrons. The summed E-state index contributed by atoms with van der Waals surface area (Å²) in [6, 6.07) is -0.425. The summed E-state index contributed by atoms with van der Waals surface area (Å²) in [4.78, 5) is 22.1. The van der Waals surface area contributed by atoms with Crippen LogP contribution in [0.25, 0.3) is 0 Å². The lowest BCUT2D eigenvalue weighted by molar-refractivity contribution is -0.142. The maximum Gasteiger partial charge on any atom is 0.311 e. The molecule has 0 radical (unpaired) electrons. The molecule has 5 nitrogen and oxygen atoms in total. The molecule has 1 rings (SSSR count). The highest BCUT2D eigenvalue weighted by Gasteiger charge is 2.34. The Bertz CT molecular complexity index is 294. The van der Waals surface area contributed by atoms with Crippen LogP contribution in [-0.4, -0.2) is 36.2 Å². The molecule has 1 heterocycles. The number of carbonyl (C=O) groups is 2. The van der Waals surface area contributed by atoms with Crippen LogP contribution in [0.3, 0.4) is 0 Å². The highest BCUT2D eigenvalue weighted by molar-refractivity contribution is 5.88. The summed E-state index contributed by atoms with van der Waals surface area (Å²) >= 11 is 0. The van der Waals surface area contributed by atoms with E-state index in [9.17, 15) is 9.59 Å². The van der Waals surface area contributed by atoms with Gasteiger partial charge in [-0.05, 0) is 13.8 Å². The molecule has 15 heavy (non-hydrogen) atoms. The predicted molar refractivity (Wildman–Crippen MR) is 53.3 cm³/mol. The van der Waals surface area contributed by atoms with Gasteiger partial charge in [0.2, 0.25) is 5.91 Å². The molecule has 0 bridgehead atoms. The minimum Gasteiger partial charge on any atom is -0.481 e. The maximum atomic E-state index is 11.3. The first kappa shape index (κ1) is 11.7. The molecule has 1 aliphatic heterocycles. The summed E-state index contributed by atoms with van der Waals surface area (Å²) in [5, 5.41) is 11.5. The van der Waals surface area contributed by atoms with Crippen LogP contribution in [0, 0.1) is 5.92 Å².